The predicted molar refractivity (Wildman–Crippen MR) is 150 cm³/mol. The molecule has 4 rings (SSSR count). The van der Waals surface area contributed by atoms with Crippen LogP contribution in [0.5, 0.6) is 0 Å². The topological polar surface area (TPSA) is 88.1 Å². The Bertz CT molecular complexity index is 1350. The minimum Gasteiger partial charge on any atom is -0.462 e. The number of aliphatic imine (C=N–C) groups is 1. The van der Waals surface area contributed by atoms with E-state index in [1.54, 1.807) is 49.4 Å². The minimum absolute atomic E-state index is 0.00969. The molecule has 1 aliphatic rings. The summed E-state index contributed by atoms with van der Waals surface area (Å²) in [6.07, 6.45) is 0.00969. The molecular weight excluding hydrogens is 578 g/mol. The summed E-state index contributed by atoms with van der Waals surface area (Å²) in [5.74, 6) is -0.956. The van der Waals surface area contributed by atoms with Gasteiger partial charge in [0.25, 0.3) is 0 Å². The lowest BCUT2D eigenvalue weighted by Crippen LogP contribution is -2.44. The Morgan fingerprint density at radius 3 is 2.59 bits per heavy atom. The first-order chi connectivity index (χ1) is 17.8. The van der Waals surface area contributed by atoms with Gasteiger partial charge in [-0.25, -0.2) is 9.79 Å². The van der Waals surface area contributed by atoms with E-state index in [9.17, 15) is 14.4 Å². The van der Waals surface area contributed by atoms with Crippen LogP contribution in [-0.2, 0) is 20.9 Å². The molecule has 37 heavy (non-hydrogen) atoms. The van der Waals surface area contributed by atoms with Crippen molar-refractivity contribution in [3.63, 3.8) is 0 Å². The van der Waals surface area contributed by atoms with Gasteiger partial charge in [0.2, 0.25) is 11.8 Å². The van der Waals surface area contributed by atoms with Crippen LogP contribution in [0.1, 0.15) is 29.3 Å². The number of hydrogen-bond acceptors (Lipinski definition) is 6. The Kier molecular flexibility index (Phi) is 9.02. The molecule has 1 unspecified atom stereocenters. The molecule has 1 aliphatic heterocycles. The zero-order valence-corrected chi connectivity index (χ0v) is 23.0. The lowest BCUT2D eigenvalue weighted by molar-refractivity contribution is -0.129. The van der Waals surface area contributed by atoms with Crippen molar-refractivity contribution in [2.75, 3.05) is 11.9 Å². The van der Waals surface area contributed by atoms with Crippen LogP contribution < -0.4 is 5.32 Å². The van der Waals surface area contributed by atoms with Gasteiger partial charge in [-0.15, -0.1) is 0 Å². The van der Waals surface area contributed by atoms with Crippen LogP contribution in [0.4, 0.5) is 11.4 Å². The highest BCUT2D eigenvalue weighted by molar-refractivity contribution is 9.10. The van der Waals surface area contributed by atoms with E-state index in [0.29, 0.717) is 27.1 Å². The number of esters is 1. The van der Waals surface area contributed by atoms with E-state index in [1.807, 2.05) is 30.3 Å². The molecule has 2 amide bonds. The highest BCUT2D eigenvalue weighted by atomic mass is 79.9. The third kappa shape index (κ3) is 7.00. The molecule has 0 aliphatic carbocycles. The summed E-state index contributed by atoms with van der Waals surface area (Å²) in [6, 6.07) is 21.1. The second-order valence-electron chi connectivity index (χ2n) is 8.04. The van der Waals surface area contributed by atoms with Crippen LogP contribution >= 0.6 is 39.3 Å². The first-order valence-corrected chi connectivity index (χ1v) is 13.5. The quantitative estimate of drug-likeness (QED) is 0.315. The number of rotatable bonds is 7. The summed E-state index contributed by atoms with van der Waals surface area (Å²) < 4.78 is 5.86. The van der Waals surface area contributed by atoms with Crippen molar-refractivity contribution in [1.82, 2.24) is 4.90 Å². The Balaban J connectivity index is 1.61. The molecule has 1 heterocycles. The van der Waals surface area contributed by atoms with E-state index in [2.05, 4.69) is 26.2 Å². The zero-order valence-electron chi connectivity index (χ0n) is 19.8. The molecule has 3 aromatic carbocycles. The number of nitrogens with zero attached hydrogens (tertiary/aromatic N) is 2. The van der Waals surface area contributed by atoms with Gasteiger partial charge < -0.3 is 10.1 Å². The number of benzene rings is 3. The maximum atomic E-state index is 13.3. The highest BCUT2D eigenvalue weighted by Gasteiger charge is 2.36. The van der Waals surface area contributed by atoms with Gasteiger partial charge >= 0.3 is 5.97 Å². The van der Waals surface area contributed by atoms with Crippen molar-refractivity contribution in [1.29, 1.82) is 0 Å². The lowest BCUT2D eigenvalue weighted by atomic mass is 10.2. The number of thioether (sulfide) groups is 1. The van der Waals surface area contributed by atoms with Crippen LogP contribution in [-0.4, -0.2) is 39.7 Å². The first kappa shape index (κ1) is 26.9. The van der Waals surface area contributed by atoms with Crippen molar-refractivity contribution in [2.24, 2.45) is 4.99 Å². The lowest BCUT2D eigenvalue weighted by Gasteiger charge is -2.32. The van der Waals surface area contributed by atoms with Gasteiger partial charge in [-0.1, -0.05) is 63.6 Å². The summed E-state index contributed by atoms with van der Waals surface area (Å²) in [4.78, 5) is 44.6. The maximum absolute atomic E-state index is 13.3. The fraction of sp³-hybridized carbons (Fsp3) is 0.185. The van der Waals surface area contributed by atoms with Crippen LogP contribution in [0, 0.1) is 0 Å². The van der Waals surface area contributed by atoms with Crippen molar-refractivity contribution >= 4 is 73.6 Å². The van der Waals surface area contributed by atoms with Gasteiger partial charge in [0.15, 0.2) is 5.17 Å². The van der Waals surface area contributed by atoms with Gasteiger partial charge in [-0.2, -0.15) is 0 Å². The molecule has 1 fully saturated rings. The van der Waals surface area contributed by atoms with E-state index >= 15 is 0 Å². The minimum atomic E-state index is -0.675. The van der Waals surface area contributed by atoms with Crippen molar-refractivity contribution in [3.8, 4) is 0 Å². The average molecular weight is 601 g/mol. The number of halogens is 2. The summed E-state index contributed by atoms with van der Waals surface area (Å²) in [5, 5.41) is 3.11. The molecule has 0 aromatic heterocycles. The Morgan fingerprint density at radius 2 is 1.89 bits per heavy atom. The maximum Gasteiger partial charge on any atom is 0.338 e. The molecule has 0 spiro atoms. The molecule has 1 saturated heterocycles. The molecule has 0 bridgehead atoms. The zero-order chi connectivity index (χ0) is 26.4. The SMILES string of the molecule is CCOC(=O)c1ccc(N=C2SC(C(=O)Nc3cccc(Br)c3)CC(=O)N2Cc2ccccc2Cl)cc1. The Morgan fingerprint density at radius 1 is 1.14 bits per heavy atom. The molecule has 1 N–H and O–H groups in total. The van der Waals surface area contributed by atoms with Crippen LogP contribution in [0.25, 0.3) is 0 Å². The summed E-state index contributed by atoms with van der Waals surface area (Å²) >= 11 is 11.0. The van der Waals surface area contributed by atoms with Crippen molar-refractivity contribution in [3.05, 3.63) is 93.4 Å². The van der Waals surface area contributed by atoms with E-state index in [0.717, 1.165) is 10.0 Å². The summed E-state index contributed by atoms with van der Waals surface area (Å²) in [6.45, 7) is 2.24. The standard InChI is InChI=1S/C27H23BrClN3O4S/c1-2-36-26(35)17-10-12-20(13-11-17)31-27-32(16-18-6-3-4-9-22(18)29)24(33)15-23(37-27)25(34)30-21-8-5-7-19(28)14-21/h3-14,23H,2,15-16H2,1H3,(H,30,34). The first-order valence-electron chi connectivity index (χ1n) is 11.5. The largest absolute Gasteiger partial charge is 0.462 e. The molecule has 10 heteroatoms. The second kappa shape index (κ2) is 12.4. The van der Waals surface area contributed by atoms with E-state index in [-0.39, 0.29) is 31.4 Å². The number of amidine groups is 1. The number of carbonyl (C=O) groups is 3. The van der Waals surface area contributed by atoms with Crippen LogP contribution in [0.3, 0.4) is 0 Å². The number of amides is 2. The summed E-state index contributed by atoms with van der Waals surface area (Å²) in [5.41, 5.74) is 2.32. The summed E-state index contributed by atoms with van der Waals surface area (Å²) in [7, 11) is 0. The van der Waals surface area contributed by atoms with Gasteiger partial charge in [-0.3, -0.25) is 14.5 Å². The van der Waals surface area contributed by atoms with Gasteiger partial charge in [0.1, 0.15) is 5.25 Å². The fourth-order valence-corrected chi connectivity index (χ4v) is 5.27. The van der Waals surface area contributed by atoms with Crippen molar-refractivity contribution < 1.29 is 19.1 Å². The van der Waals surface area contributed by atoms with E-state index < -0.39 is 11.2 Å². The smallest absolute Gasteiger partial charge is 0.338 e. The third-order valence-corrected chi connectivity index (χ3v) is 7.46. The third-order valence-electron chi connectivity index (χ3n) is 5.41. The average Bonchev–Trinajstić information content (AvgIpc) is 2.87. The molecule has 0 saturated carbocycles. The van der Waals surface area contributed by atoms with Crippen molar-refractivity contribution in [2.45, 2.75) is 25.1 Å². The monoisotopic (exact) mass is 599 g/mol. The highest BCUT2D eigenvalue weighted by Crippen LogP contribution is 2.32. The van der Waals surface area contributed by atoms with E-state index in [1.165, 1.54) is 16.7 Å². The number of nitrogens with one attached hydrogen (secondary N) is 1. The van der Waals surface area contributed by atoms with E-state index in [4.69, 9.17) is 16.3 Å². The van der Waals surface area contributed by atoms with Gasteiger partial charge in [0.05, 0.1) is 24.4 Å². The number of hydrogen-bond donors (Lipinski definition) is 1. The normalized spacial score (nSPS) is 16.5. The van der Waals surface area contributed by atoms with Crippen LogP contribution in [0.2, 0.25) is 5.02 Å². The molecular formula is C27H23BrClN3O4S. The number of anilines is 1. The number of ether oxygens (including phenoxy) is 1. The molecule has 0 radical (unpaired) electrons. The molecule has 7 nitrogen and oxygen atoms in total. The predicted octanol–water partition coefficient (Wildman–Crippen LogP) is 6.44. The number of carbonyl (C=O) groups excluding carboxylic acids is 3. The Hall–Kier alpha value is -3.14. The second-order valence-corrected chi connectivity index (χ2v) is 10.5. The fourth-order valence-electron chi connectivity index (χ4n) is 3.58. The Labute approximate surface area is 232 Å². The molecule has 1 atom stereocenters. The van der Waals surface area contributed by atoms with Gasteiger partial charge in [0, 0.05) is 21.6 Å². The molecule has 190 valence electrons. The van der Waals surface area contributed by atoms with Crippen LogP contribution in [0.15, 0.2) is 82.3 Å². The van der Waals surface area contributed by atoms with Gasteiger partial charge in [-0.05, 0) is 61.0 Å². The molecule has 3 aromatic rings.